The Bertz CT molecular complexity index is 601. The van der Waals surface area contributed by atoms with Crippen LogP contribution in [0, 0.1) is 5.92 Å². The molecule has 7 nitrogen and oxygen atoms in total. The molecule has 2 amide bonds. The number of carbonyl (C=O) groups is 2. The van der Waals surface area contributed by atoms with Gasteiger partial charge in [-0.15, -0.1) is 0 Å². The number of carbonyl (C=O) groups excluding carboxylic acids is 2. The summed E-state index contributed by atoms with van der Waals surface area (Å²) in [5, 5.41) is 3.03. The van der Waals surface area contributed by atoms with E-state index in [0.29, 0.717) is 18.8 Å². The lowest BCUT2D eigenvalue weighted by atomic mass is 9.99. The summed E-state index contributed by atoms with van der Waals surface area (Å²) >= 11 is 0. The van der Waals surface area contributed by atoms with Crippen LogP contribution in [0.15, 0.2) is 18.6 Å². The Balaban J connectivity index is 1.45. The molecule has 7 heteroatoms. The van der Waals surface area contributed by atoms with Crippen molar-refractivity contribution in [2.75, 3.05) is 32.7 Å². The van der Waals surface area contributed by atoms with E-state index in [4.69, 9.17) is 0 Å². The molecule has 0 spiro atoms. The first-order valence-corrected chi connectivity index (χ1v) is 9.69. The molecule has 0 radical (unpaired) electrons. The highest BCUT2D eigenvalue weighted by Gasteiger charge is 2.25. The van der Waals surface area contributed by atoms with E-state index in [-0.39, 0.29) is 17.9 Å². The topological polar surface area (TPSA) is 78.4 Å². The average Bonchev–Trinajstić information content (AvgIpc) is 2.90. The van der Waals surface area contributed by atoms with E-state index in [0.717, 1.165) is 44.8 Å². The minimum absolute atomic E-state index is 0.0816. The van der Waals surface area contributed by atoms with Crippen LogP contribution in [-0.2, 0) is 4.79 Å². The Hall–Kier alpha value is -2.02. The second-order valence-electron chi connectivity index (χ2n) is 7.53. The number of piperidine rings is 1. The van der Waals surface area contributed by atoms with Crippen LogP contribution in [-0.4, -0.2) is 70.3 Å². The van der Waals surface area contributed by atoms with Crippen LogP contribution in [0.1, 0.15) is 49.5 Å². The number of amides is 2. The molecule has 0 aromatic carbocycles. The van der Waals surface area contributed by atoms with Crippen LogP contribution >= 0.6 is 0 Å². The third-order valence-corrected chi connectivity index (χ3v) is 5.45. The lowest BCUT2D eigenvalue weighted by Crippen LogP contribution is -2.44. The minimum atomic E-state index is -0.190. The van der Waals surface area contributed by atoms with Crippen molar-refractivity contribution in [2.45, 2.75) is 45.1 Å². The number of rotatable bonds is 4. The van der Waals surface area contributed by atoms with Crippen LogP contribution in [0.5, 0.6) is 0 Å². The van der Waals surface area contributed by atoms with Gasteiger partial charge in [-0.2, -0.15) is 0 Å². The van der Waals surface area contributed by atoms with E-state index < -0.39 is 0 Å². The number of aromatic nitrogens is 2. The zero-order valence-corrected chi connectivity index (χ0v) is 15.6. The van der Waals surface area contributed by atoms with Gasteiger partial charge in [0.1, 0.15) is 5.69 Å². The van der Waals surface area contributed by atoms with Gasteiger partial charge in [-0.05, 0) is 51.1 Å². The standard InChI is InChI=1S/C19H29N5O2/c1-15-4-10-23(11-5-15)14-18(25)24-9-2-3-16(6-12-24)22-19(26)17-13-20-7-8-21-17/h7-8,13,15-16H,2-6,9-12,14H2,1H3,(H,22,26)/t16-/m0/s1. The highest BCUT2D eigenvalue weighted by Crippen LogP contribution is 2.17. The summed E-state index contributed by atoms with van der Waals surface area (Å²) in [6, 6.07) is 0.0816. The number of hydrogen-bond acceptors (Lipinski definition) is 5. The maximum absolute atomic E-state index is 12.6. The van der Waals surface area contributed by atoms with Gasteiger partial charge >= 0.3 is 0 Å². The molecular formula is C19H29N5O2. The highest BCUT2D eigenvalue weighted by molar-refractivity contribution is 5.92. The summed E-state index contributed by atoms with van der Waals surface area (Å²) in [6.45, 7) is 6.34. The van der Waals surface area contributed by atoms with Gasteiger partial charge in [-0.3, -0.25) is 19.5 Å². The molecule has 0 saturated carbocycles. The van der Waals surface area contributed by atoms with E-state index in [1.807, 2.05) is 4.90 Å². The molecule has 1 atom stereocenters. The zero-order chi connectivity index (χ0) is 18.4. The van der Waals surface area contributed by atoms with E-state index in [2.05, 4.69) is 27.1 Å². The maximum Gasteiger partial charge on any atom is 0.271 e. The third-order valence-electron chi connectivity index (χ3n) is 5.45. The average molecular weight is 359 g/mol. The number of hydrogen-bond donors (Lipinski definition) is 1. The van der Waals surface area contributed by atoms with Crippen LogP contribution in [0.2, 0.25) is 0 Å². The molecule has 1 aromatic rings. The van der Waals surface area contributed by atoms with Crippen molar-refractivity contribution in [2.24, 2.45) is 5.92 Å². The SMILES string of the molecule is CC1CCN(CC(=O)N2CCC[C@H](NC(=O)c3cnccn3)CC2)CC1. The summed E-state index contributed by atoms with van der Waals surface area (Å²) in [5.74, 6) is 0.809. The molecule has 3 heterocycles. The summed E-state index contributed by atoms with van der Waals surface area (Å²) in [5.41, 5.74) is 0.337. The van der Waals surface area contributed by atoms with Gasteiger partial charge in [-0.1, -0.05) is 6.92 Å². The maximum atomic E-state index is 12.6. The molecule has 0 bridgehead atoms. The van der Waals surface area contributed by atoms with E-state index in [1.165, 1.54) is 25.2 Å². The van der Waals surface area contributed by atoms with Gasteiger partial charge in [0.2, 0.25) is 5.91 Å². The van der Waals surface area contributed by atoms with Crippen LogP contribution < -0.4 is 5.32 Å². The molecule has 2 aliphatic heterocycles. The minimum Gasteiger partial charge on any atom is -0.348 e. The van der Waals surface area contributed by atoms with Gasteiger partial charge < -0.3 is 10.2 Å². The normalized spacial score (nSPS) is 22.7. The molecule has 26 heavy (non-hydrogen) atoms. The van der Waals surface area contributed by atoms with Crippen molar-refractivity contribution in [3.05, 3.63) is 24.3 Å². The van der Waals surface area contributed by atoms with Gasteiger partial charge in [0.25, 0.3) is 5.91 Å². The van der Waals surface area contributed by atoms with E-state index >= 15 is 0 Å². The summed E-state index contributed by atoms with van der Waals surface area (Å²) in [6.07, 6.45) is 9.49. The van der Waals surface area contributed by atoms with Crippen LogP contribution in [0.25, 0.3) is 0 Å². The van der Waals surface area contributed by atoms with Crippen LogP contribution in [0.4, 0.5) is 0 Å². The first-order chi connectivity index (χ1) is 12.6. The number of likely N-dealkylation sites (tertiary alicyclic amines) is 2. The van der Waals surface area contributed by atoms with Gasteiger partial charge in [0.05, 0.1) is 12.7 Å². The first-order valence-electron chi connectivity index (χ1n) is 9.69. The van der Waals surface area contributed by atoms with Crippen molar-refractivity contribution >= 4 is 11.8 Å². The Labute approximate surface area is 155 Å². The summed E-state index contributed by atoms with van der Waals surface area (Å²) < 4.78 is 0. The molecule has 2 aliphatic rings. The van der Waals surface area contributed by atoms with Gasteiger partial charge in [-0.25, -0.2) is 4.98 Å². The lowest BCUT2D eigenvalue weighted by molar-refractivity contribution is -0.132. The molecule has 142 valence electrons. The number of nitrogens with one attached hydrogen (secondary N) is 1. The molecule has 3 rings (SSSR count). The molecule has 2 fully saturated rings. The molecule has 2 saturated heterocycles. The second kappa shape index (κ2) is 9.07. The van der Waals surface area contributed by atoms with Crippen molar-refractivity contribution in [1.29, 1.82) is 0 Å². The van der Waals surface area contributed by atoms with Gasteiger partial charge in [0.15, 0.2) is 0 Å². The number of nitrogens with zero attached hydrogens (tertiary/aromatic N) is 4. The lowest BCUT2D eigenvalue weighted by Gasteiger charge is -2.31. The Kier molecular flexibility index (Phi) is 6.55. The fourth-order valence-electron chi connectivity index (χ4n) is 3.68. The Morgan fingerprint density at radius 3 is 2.65 bits per heavy atom. The highest BCUT2D eigenvalue weighted by atomic mass is 16.2. The Morgan fingerprint density at radius 1 is 1.12 bits per heavy atom. The summed E-state index contributed by atoms with van der Waals surface area (Å²) in [7, 11) is 0. The van der Waals surface area contributed by atoms with Crippen molar-refractivity contribution < 1.29 is 9.59 Å². The second-order valence-corrected chi connectivity index (χ2v) is 7.53. The van der Waals surface area contributed by atoms with Crippen molar-refractivity contribution in [3.8, 4) is 0 Å². The largest absolute Gasteiger partial charge is 0.348 e. The quantitative estimate of drug-likeness (QED) is 0.877. The predicted molar refractivity (Wildman–Crippen MR) is 98.6 cm³/mol. The zero-order valence-electron chi connectivity index (χ0n) is 15.6. The first kappa shape index (κ1) is 18.8. The fraction of sp³-hybridized carbons (Fsp3) is 0.684. The van der Waals surface area contributed by atoms with Crippen LogP contribution in [0.3, 0.4) is 0 Å². The summed E-state index contributed by atoms with van der Waals surface area (Å²) in [4.78, 5) is 37.1. The fourth-order valence-corrected chi connectivity index (χ4v) is 3.68. The molecule has 1 N–H and O–H groups in total. The van der Waals surface area contributed by atoms with Crippen molar-refractivity contribution in [3.63, 3.8) is 0 Å². The molecule has 0 unspecified atom stereocenters. The smallest absolute Gasteiger partial charge is 0.271 e. The predicted octanol–water partition coefficient (Wildman–Crippen LogP) is 1.32. The third kappa shape index (κ3) is 5.24. The monoisotopic (exact) mass is 359 g/mol. The van der Waals surface area contributed by atoms with E-state index in [9.17, 15) is 9.59 Å². The molecular weight excluding hydrogens is 330 g/mol. The van der Waals surface area contributed by atoms with Gasteiger partial charge in [0, 0.05) is 31.5 Å². The Morgan fingerprint density at radius 2 is 1.92 bits per heavy atom. The molecule has 1 aromatic heterocycles. The van der Waals surface area contributed by atoms with Crippen molar-refractivity contribution in [1.82, 2.24) is 25.1 Å². The molecule has 0 aliphatic carbocycles. The van der Waals surface area contributed by atoms with E-state index in [1.54, 1.807) is 6.20 Å².